The highest BCUT2D eigenvalue weighted by atomic mass is 16.1. The summed E-state index contributed by atoms with van der Waals surface area (Å²) in [5.74, 6) is 1.93. The molecule has 4 heterocycles. The van der Waals surface area contributed by atoms with Crippen LogP contribution in [0.2, 0.25) is 0 Å². The Morgan fingerprint density at radius 1 is 1.06 bits per heavy atom. The van der Waals surface area contributed by atoms with Gasteiger partial charge in [-0.1, -0.05) is 36.4 Å². The summed E-state index contributed by atoms with van der Waals surface area (Å²) in [4.78, 5) is 26.2. The second-order valence-electron chi connectivity index (χ2n) is 8.83. The van der Waals surface area contributed by atoms with Gasteiger partial charge in [-0.05, 0) is 37.1 Å². The third kappa shape index (κ3) is 4.05. The van der Waals surface area contributed by atoms with Crippen molar-refractivity contribution in [3.8, 4) is 0 Å². The van der Waals surface area contributed by atoms with Crippen molar-refractivity contribution in [3.05, 3.63) is 81.9 Å². The van der Waals surface area contributed by atoms with Crippen LogP contribution in [0, 0.1) is 5.92 Å². The molecule has 2 bridgehead atoms. The average Bonchev–Trinajstić information content (AvgIpc) is 2.76. The summed E-state index contributed by atoms with van der Waals surface area (Å²) in [6, 6.07) is 16.5. The van der Waals surface area contributed by atoms with Crippen LogP contribution in [0.3, 0.4) is 0 Å². The molecule has 1 fully saturated rings. The Bertz CT molecular complexity index is 1130. The molecular formula is C24H28N6O. The third-order valence-electron chi connectivity index (χ3n) is 6.40. The summed E-state index contributed by atoms with van der Waals surface area (Å²) in [7, 11) is 2.07. The van der Waals surface area contributed by atoms with E-state index in [-0.39, 0.29) is 5.56 Å². The first-order valence-corrected chi connectivity index (χ1v) is 10.9. The molecule has 0 spiro atoms. The maximum atomic E-state index is 13.3. The topological polar surface area (TPSA) is 80.3 Å². The van der Waals surface area contributed by atoms with Crippen LogP contribution in [-0.4, -0.2) is 39.6 Å². The quantitative estimate of drug-likeness (QED) is 0.688. The smallest absolute Gasteiger partial charge is 0.255 e. The predicted octanol–water partition coefficient (Wildman–Crippen LogP) is 2.48. The van der Waals surface area contributed by atoms with Gasteiger partial charge in [0.05, 0.1) is 0 Å². The van der Waals surface area contributed by atoms with E-state index in [1.165, 1.54) is 5.56 Å². The van der Waals surface area contributed by atoms with Crippen molar-refractivity contribution >= 4 is 11.8 Å². The van der Waals surface area contributed by atoms with E-state index in [2.05, 4.69) is 57.1 Å². The van der Waals surface area contributed by atoms with Gasteiger partial charge in [0.15, 0.2) is 0 Å². The lowest BCUT2D eigenvalue weighted by atomic mass is 9.83. The fraction of sp³-hybridized carbons (Fsp3) is 0.375. The molecule has 1 saturated heterocycles. The molecular weight excluding hydrogens is 388 g/mol. The first kappa shape index (κ1) is 19.8. The second-order valence-corrected chi connectivity index (χ2v) is 8.83. The summed E-state index contributed by atoms with van der Waals surface area (Å²) in [5.41, 5.74) is 9.20. The van der Waals surface area contributed by atoms with Crippen LogP contribution < -0.4 is 16.2 Å². The molecule has 2 atom stereocenters. The van der Waals surface area contributed by atoms with E-state index in [1.807, 2.05) is 22.8 Å². The largest absolute Gasteiger partial charge is 0.368 e. The van der Waals surface area contributed by atoms with E-state index in [1.54, 1.807) is 6.20 Å². The maximum absolute atomic E-state index is 13.3. The van der Waals surface area contributed by atoms with Gasteiger partial charge in [0.2, 0.25) is 5.95 Å². The predicted molar refractivity (Wildman–Crippen MR) is 122 cm³/mol. The Morgan fingerprint density at radius 3 is 2.71 bits per heavy atom. The molecule has 0 aliphatic carbocycles. The Morgan fingerprint density at radius 2 is 1.90 bits per heavy atom. The van der Waals surface area contributed by atoms with Gasteiger partial charge < -0.3 is 15.2 Å². The van der Waals surface area contributed by atoms with Gasteiger partial charge in [0.1, 0.15) is 5.82 Å². The van der Waals surface area contributed by atoms with E-state index in [0.717, 1.165) is 49.7 Å². The molecule has 2 aliphatic rings. The zero-order valence-corrected chi connectivity index (χ0v) is 17.8. The number of hydrogen-bond acceptors (Lipinski definition) is 6. The molecule has 3 aromatic rings. The fourth-order valence-corrected chi connectivity index (χ4v) is 5.08. The van der Waals surface area contributed by atoms with Crippen LogP contribution in [0.5, 0.6) is 0 Å². The van der Waals surface area contributed by atoms with Crippen molar-refractivity contribution in [3.63, 3.8) is 0 Å². The fourth-order valence-electron chi connectivity index (χ4n) is 5.08. The lowest BCUT2D eigenvalue weighted by Gasteiger charge is -2.43. The molecule has 5 rings (SSSR count). The van der Waals surface area contributed by atoms with Crippen LogP contribution in [0.1, 0.15) is 29.2 Å². The minimum atomic E-state index is 0.159. The van der Waals surface area contributed by atoms with Gasteiger partial charge in [-0.3, -0.25) is 9.69 Å². The highest BCUT2D eigenvalue weighted by Crippen LogP contribution is 2.36. The normalized spacial score (nSPS) is 20.0. The van der Waals surface area contributed by atoms with Crippen LogP contribution in [0.4, 0.5) is 11.8 Å². The summed E-state index contributed by atoms with van der Waals surface area (Å²) in [5, 5.41) is 0. The lowest BCUT2D eigenvalue weighted by molar-refractivity contribution is 0.276. The van der Waals surface area contributed by atoms with Crippen molar-refractivity contribution in [1.29, 1.82) is 0 Å². The van der Waals surface area contributed by atoms with Gasteiger partial charge in [-0.15, -0.1) is 0 Å². The zero-order chi connectivity index (χ0) is 21.4. The number of benzene rings is 1. The maximum Gasteiger partial charge on any atom is 0.255 e. The number of anilines is 2. The van der Waals surface area contributed by atoms with Crippen molar-refractivity contribution in [2.24, 2.45) is 5.92 Å². The van der Waals surface area contributed by atoms with E-state index < -0.39 is 0 Å². The molecule has 2 N–H and O–H groups in total. The molecule has 0 radical (unpaired) electrons. The number of piperidine rings is 1. The monoisotopic (exact) mass is 416 g/mol. The molecule has 1 aromatic carbocycles. The average molecular weight is 417 g/mol. The first-order chi connectivity index (χ1) is 15.1. The van der Waals surface area contributed by atoms with E-state index >= 15 is 0 Å². The van der Waals surface area contributed by atoms with Gasteiger partial charge in [-0.2, -0.15) is 4.98 Å². The minimum absolute atomic E-state index is 0.159. The van der Waals surface area contributed by atoms with E-state index in [4.69, 9.17) is 5.73 Å². The standard InChI is InChI=1S/C24H28N6O/c1-28(12-17-5-3-2-4-6-17)15-19-7-8-21-20-11-18(14-30(21)23(19)31)13-29(16-20)22-9-10-26-24(25)27-22/h2-10,18,20H,11-16H2,1H3,(H2,25,26,27)/t18-,20+/m0/s1. The summed E-state index contributed by atoms with van der Waals surface area (Å²) in [6.45, 7) is 3.97. The highest BCUT2D eigenvalue weighted by Gasteiger charge is 2.35. The van der Waals surface area contributed by atoms with Crippen molar-refractivity contribution in [2.45, 2.75) is 32.0 Å². The molecule has 2 aliphatic heterocycles. The van der Waals surface area contributed by atoms with Gasteiger partial charge >= 0.3 is 0 Å². The Kier molecular flexibility index (Phi) is 5.19. The molecule has 31 heavy (non-hydrogen) atoms. The SMILES string of the molecule is CN(Cc1ccccc1)Cc1ccc2n(c1=O)C[C@H]1C[C@@H]2CN(c2ccnc(N)n2)C1. The van der Waals surface area contributed by atoms with Crippen molar-refractivity contribution < 1.29 is 0 Å². The molecule has 7 heteroatoms. The number of nitrogens with zero attached hydrogens (tertiary/aromatic N) is 5. The van der Waals surface area contributed by atoms with Crippen molar-refractivity contribution in [1.82, 2.24) is 19.4 Å². The number of rotatable bonds is 5. The van der Waals surface area contributed by atoms with E-state index in [0.29, 0.717) is 24.3 Å². The minimum Gasteiger partial charge on any atom is -0.368 e. The summed E-state index contributed by atoms with van der Waals surface area (Å²) >= 11 is 0. The molecule has 0 amide bonds. The third-order valence-corrected chi connectivity index (χ3v) is 6.40. The van der Waals surface area contributed by atoms with Gasteiger partial charge in [-0.25, -0.2) is 4.98 Å². The summed E-state index contributed by atoms with van der Waals surface area (Å²) in [6.07, 6.45) is 2.82. The molecule has 2 aromatic heterocycles. The Hall–Kier alpha value is -3.19. The van der Waals surface area contributed by atoms with Crippen LogP contribution in [0.15, 0.2) is 59.5 Å². The first-order valence-electron chi connectivity index (χ1n) is 10.9. The van der Waals surface area contributed by atoms with E-state index in [9.17, 15) is 4.79 Å². The highest BCUT2D eigenvalue weighted by molar-refractivity contribution is 5.43. The van der Waals surface area contributed by atoms with Gasteiger partial charge in [0.25, 0.3) is 5.56 Å². The number of hydrogen-bond donors (Lipinski definition) is 1. The Balaban J connectivity index is 1.35. The molecule has 0 saturated carbocycles. The van der Waals surface area contributed by atoms with Crippen LogP contribution >= 0.6 is 0 Å². The summed E-state index contributed by atoms with van der Waals surface area (Å²) < 4.78 is 2.02. The lowest BCUT2D eigenvalue weighted by Crippen LogP contribution is -2.48. The number of pyridine rings is 1. The second kappa shape index (κ2) is 8.15. The molecule has 160 valence electrons. The molecule has 7 nitrogen and oxygen atoms in total. The Labute approximate surface area is 182 Å². The number of nitrogens with two attached hydrogens (primary N) is 1. The number of nitrogen functional groups attached to an aromatic ring is 1. The van der Waals surface area contributed by atoms with Gasteiger partial charge in [0, 0.05) is 56.1 Å². The number of aromatic nitrogens is 3. The molecule has 0 unspecified atom stereocenters. The van der Waals surface area contributed by atoms with Crippen molar-refractivity contribution in [2.75, 3.05) is 30.8 Å². The van der Waals surface area contributed by atoms with Crippen LogP contribution in [0.25, 0.3) is 0 Å². The van der Waals surface area contributed by atoms with Crippen LogP contribution in [-0.2, 0) is 19.6 Å². The number of fused-ring (bicyclic) bond motifs is 4. The zero-order valence-electron chi connectivity index (χ0n) is 17.8.